The minimum absolute atomic E-state index is 0.292. The molecule has 2 heterocycles. The van der Waals surface area contributed by atoms with Gasteiger partial charge < -0.3 is 14.6 Å². The van der Waals surface area contributed by atoms with Gasteiger partial charge in [-0.15, -0.1) is 0 Å². The van der Waals surface area contributed by atoms with Gasteiger partial charge in [-0.2, -0.15) is 5.10 Å². The molecule has 0 fully saturated rings. The van der Waals surface area contributed by atoms with Crippen LogP contribution in [0.2, 0.25) is 0 Å². The van der Waals surface area contributed by atoms with Crippen LogP contribution < -0.4 is 5.32 Å². The first-order valence-electron chi connectivity index (χ1n) is 7.44. The zero-order valence-corrected chi connectivity index (χ0v) is 13.7. The third-order valence-electron chi connectivity index (χ3n) is 3.66. The molecule has 2 N–H and O–H groups in total. The summed E-state index contributed by atoms with van der Waals surface area (Å²) in [6, 6.07) is 7.74. The predicted octanol–water partition coefficient (Wildman–Crippen LogP) is 3.09. The molecule has 3 aromatic rings. The molecule has 120 valence electrons. The summed E-state index contributed by atoms with van der Waals surface area (Å²) in [6.45, 7) is 4.61. The van der Waals surface area contributed by atoms with Crippen LogP contribution in [-0.4, -0.2) is 35.1 Å². The fraction of sp³-hybridized carbons (Fsp3) is 0.294. The Hall–Kier alpha value is -2.60. The number of amides is 1. The van der Waals surface area contributed by atoms with E-state index in [9.17, 15) is 4.79 Å². The number of fused-ring (bicyclic) bond motifs is 1. The van der Waals surface area contributed by atoms with Crippen molar-refractivity contribution in [3.05, 3.63) is 46.8 Å². The van der Waals surface area contributed by atoms with Gasteiger partial charge in [0.25, 0.3) is 5.91 Å². The Morgan fingerprint density at radius 1 is 1.30 bits per heavy atom. The number of benzene rings is 1. The maximum Gasteiger partial charge on any atom is 0.292 e. The van der Waals surface area contributed by atoms with Crippen molar-refractivity contribution in [2.45, 2.75) is 20.4 Å². The third-order valence-corrected chi connectivity index (χ3v) is 3.66. The first kappa shape index (κ1) is 15.3. The molecule has 6 nitrogen and oxygen atoms in total. The molecule has 2 aromatic heterocycles. The summed E-state index contributed by atoms with van der Waals surface area (Å²) >= 11 is 0. The average Bonchev–Trinajstić information content (AvgIpc) is 3.03. The number of rotatable bonds is 4. The van der Waals surface area contributed by atoms with Gasteiger partial charge in [-0.25, -0.2) is 0 Å². The van der Waals surface area contributed by atoms with Gasteiger partial charge >= 0.3 is 0 Å². The molecule has 0 atom stereocenters. The number of aromatic amines is 1. The molecule has 3 rings (SSSR count). The molecule has 23 heavy (non-hydrogen) atoms. The summed E-state index contributed by atoms with van der Waals surface area (Å²) in [5.74, 6) is 0.518. The quantitative estimate of drug-likeness (QED) is 0.776. The maximum absolute atomic E-state index is 12.5. The highest BCUT2D eigenvalue weighted by Gasteiger charge is 2.18. The average molecular weight is 312 g/mol. The van der Waals surface area contributed by atoms with E-state index in [0.717, 1.165) is 34.3 Å². The first-order valence-corrected chi connectivity index (χ1v) is 7.44. The summed E-state index contributed by atoms with van der Waals surface area (Å²) in [7, 11) is 3.94. The van der Waals surface area contributed by atoms with Gasteiger partial charge in [0, 0.05) is 23.6 Å². The summed E-state index contributed by atoms with van der Waals surface area (Å²) in [4.78, 5) is 14.5. The number of anilines is 1. The van der Waals surface area contributed by atoms with Gasteiger partial charge in [0.1, 0.15) is 5.58 Å². The van der Waals surface area contributed by atoms with Crippen LogP contribution in [-0.2, 0) is 6.54 Å². The number of aromatic nitrogens is 2. The molecule has 0 bridgehead atoms. The first-order chi connectivity index (χ1) is 10.9. The van der Waals surface area contributed by atoms with Crippen molar-refractivity contribution < 1.29 is 9.21 Å². The van der Waals surface area contributed by atoms with Gasteiger partial charge in [0.2, 0.25) is 0 Å². The normalized spacial score (nSPS) is 11.3. The number of carbonyl (C=O) groups is 1. The number of carbonyl (C=O) groups excluding carboxylic acids is 1. The summed E-state index contributed by atoms with van der Waals surface area (Å²) in [5, 5.41) is 10.7. The van der Waals surface area contributed by atoms with Crippen molar-refractivity contribution in [3.8, 4) is 0 Å². The summed E-state index contributed by atoms with van der Waals surface area (Å²) < 4.78 is 5.73. The van der Waals surface area contributed by atoms with Crippen molar-refractivity contribution in [2.75, 3.05) is 19.4 Å². The fourth-order valence-electron chi connectivity index (χ4n) is 2.57. The zero-order chi connectivity index (χ0) is 16.6. The highest BCUT2D eigenvalue weighted by atomic mass is 16.3. The molecule has 0 saturated carbocycles. The lowest BCUT2D eigenvalue weighted by Crippen LogP contribution is -2.12. The Balaban J connectivity index is 1.83. The highest BCUT2D eigenvalue weighted by molar-refractivity contribution is 6.06. The van der Waals surface area contributed by atoms with Gasteiger partial charge in [-0.05, 0) is 39.6 Å². The minimum Gasteiger partial charge on any atom is -0.451 e. The van der Waals surface area contributed by atoms with Crippen molar-refractivity contribution in [3.63, 3.8) is 0 Å². The van der Waals surface area contributed by atoms with E-state index in [-0.39, 0.29) is 5.91 Å². The molecule has 0 aliphatic heterocycles. The van der Waals surface area contributed by atoms with Crippen LogP contribution in [0.1, 0.15) is 27.4 Å². The zero-order valence-electron chi connectivity index (χ0n) is 13.7. The fourth-order valence-corrected chi connectivity index (χ4v) is 2.57. The second-order valence-electron chi connectivity index (χ2n) is 6.03. The molecule has 0 saturated heterocycles. The standard InChI is InChI=1S/C17H20N4O2/c1-10-5-6-13-11(2)16(23-14(13)7-10)17(22)18-15-8-12(19-20-15)9-21(3)4/h5-8H,9H2,1-4H3,(H2,18,19,20,22). The van der Waals surface area contributed by atoms with Crippen molar-refractivity contribution in [1.29, 1.82) is 0 Å². The van der Waals surface area contributed by atoms with Crippen LogP contribution in [0.5, 0.6) is 0 Å². The Morgan fingerprint density at radius 2 is 2.09 bits per heavy atom. The van der Waals surface area contributed by atoms with Gasteiger partial charge in [0.05, 0.1) is 5.69 Å². The van der Waals surface area contributed by atoms with Crippen LogP contribution >= 0.6 is 0 Å². The molecule has 6 heteroatoms. The lowest BCUT2D eigenvalue weighted by Gasteiger charge is -2.05. The summed E-state index contributed by atoms with van der Waals surface area (Å²) in [6.07, 6.45) is 0. The Labute approximate surface area is 134 Å². The van der Waals surface area contributed by atoms with Crippen LogP contribution in [0.15, 0.2) is 28.7 Å². The van der Waals surface area contributed by atoms with E-state index in [0.29, 0.717) is 11.6 Å². The number of furan rings is 1. The Bertz CT molecular complexity index is 861. The molecule has 1 amide bonds. The predicted molar refractivity (Wildman–Crippen MR) is 89.6 cm³/mol. The van der Waals surface area contributed by atoms with E-state index >= 15 is 0 Å². The van der Waals surface area contributed by atoms with Crippen molar-refractivity contribution in [2.24, 2.45) is 0 Å². The van der Waals surface area contributed by atoms with Crippen molar-refractivity contribution >= 4 is 22.7 Å². The summed E-state index contributed by atoms with van der Waals surface area (Å²) in [5.41, 5.74) is 3.59. The molecular weight excluding hydrogens is 292 g/mol. The Morgan fingerprint density at radius 3 is 2.83 bits per heavy atom. The highest BCUT2D eigenvalue weighted by Crippen LogP contribution is 2.26. The Kier molecular flexibility index (Phi) is 3.92. The van der Waals surface area contributed by atoms with Crippen LogP contribution in [0.3, 0.4) is 0 Å². The number of hydrogen-bond donors (Lipinski definition) is 2. The maximum atomic E-state index is 12.5. The molecule has 0 aliphatic rings. The topological polar surface area (TPSA) is 74.2 Å². The second kappa shape index (κ2) is 5.89. The van der Waals surface area contributed by atoms with Crippen molar-refractivity contribution in [1.82, 2.24) is 15.1 Å². The molecular formula is C17H20N4O2. The van der Waals surface area contributed by atoms with E-state index in [1.807, 2.05) is 57.1 Å². The van der Waals surface area contributed by atoms with E-state index in [1.165, 1.54) is 0 Å². The minimum atomic E-state index is -0.292. The lowest BCUT2D eigenvalue weighted by atomic mass is 10.1. The number of aryl methyl sites for hydroxylation is 2. The van der Waals surface area contributed by atoms with E-state index < -0.39 is 0 Å². The third kappa shape index (κ3) is 3.12. The monoisotopic (exact) mass is 312 g/mol. The number of hydrogen-bond acceptors (Lipinski definition) is 4. The van der Waals surface area contributed by atoms with Gasteiger partial charge in [0.15, 0.2) is 11.6 Å². The van der Waals surface area contributed by atoms with Crippen LogP contribution in [0.25, 0.3) is 11.0 Å². The van der Waals surface area contributed by atoms with Crippen LogP contribution in [0, 0.1) is 13.8 Å². The van der Waals surface area contributed by atoms with E-state index in [4.69, 9.17) is 4.42 Å². The van der Waals surface area contributed by atoms with E-state index in [2.05, 4.69) is 15.5 Å². The van der Waals surface area contributed by atoms with Gasteiger partial charge in [-0.3, -0.25) is 9.89 Å². The lowest BCUT2D eigenvalue weighted by molar-refractivity contribution is 0.0997. The SMILES string of the molecule is Cc1ccc2c(C)c(C(=O)Nc3cc(CN(C)C)[nH]n3)oc2c1. The molecule has 0 radical (unpaired) electrons. The smallest absolute Gasteiger partial charge is 0.292 e. The number of H-pyrrole nitrogens is 1. The molecule has 0 aliphatic carbocycles. The molecule has 0 spiro atoms. The number of nitrogens with zero attached hydrogens (tertiary/aromatic N) is 2. The van der Waals surface area contributed by atoms with E-state index in [1.54, 1.807) is 0 Å². The largest absolute Gasteiger partial charge is 0.451 e. The molecule has 0 unspecified atom stereocenters. The number of nitrogens with one attached hydrogen (secondary N) is 2. The van der Waals surface area contributed by atoms with Crippen LogP contribution in [0.4, 0.5) is 5.82 Å². The molecule has 1 aromatic carbocycles. The second-order valence-corrected chi connectivity index (χ2v) is 6.03. The van der Waals surface area contributed by atoms with Gasteiger partial charge in [-0.1, -0.05) is 12.1 Å².